The van der Waals surface area contributed by atoms with Crippen LogP contribution in [0.2, 0.25) is 0 Å². The zero-order valence-electron chi connectivity index (χ0n) is 16.1. The van der Waals surface area contributed by atoms with Crippen LogP contribution in [0.25, 0.3) is 6.08 Å². The lowest BCUT2D eigenvalue weighted by Gasteiger charge is -2.07. The number of rotatable bonds is 9. The lowest BCUT2D eigenvalue weighted by atomic mass is 10.2. The maximum atomic E-state index is 11.8. The SMILES string of the molecule is COc1ccc(CNC(=O)COC(=O)C=Cc2ccc(OC)c(OC)c2)cc1. The summed E-state index contributed by atoms with van der Waals surface area (Å²) in [6.45, 7) is -0.0207. The van der Waals surface area contributed by atoms with Crippen LogP contribution >= 0.6 is 0 Å². The minimum atomic E-state index is -0.616. The minimum absolute atomic E-state index is 0.335. The monoisotopic (exact) mass is 385 g/mol. The van der Waals surface area contributed by atoms with E-state index in [1.54, 1.807) is 50.6 Å². The van der Waals surface area contributed by atoms with Crippen LogP contribution < -0.4 is 19.5 Å². The van der Waals surface area contributed by atoms with Gasteiger partial charge in [0.05, 0.1) is 21.3 Å². The predicted molar refractivity (Wildman–Crippen MR) is 104 cm³/mol. The number of hydrogen-bond donors (Lipinski definition) is 1. The third-order valence-corrected chi connectivity index (χ3v) is 3.81. The standard InChI is InChI=1S/C21H23NO6/c1-25-17-8-4-16(5-9-17)13-22-20(23)14-28-21(24)11-7-15-6-10-18(26-2)19(12-15)27-3/h4-12H,13-14H2,1-3H3,(H,22,23). The third kappa shape index (κ3) is 6.35. The van der Waals surface area contributed by atoms with Crippen molar-refractivity contribution in [2.24, 2.45) is 0 Å². The molecule has 0 aliphatic rings. The Morgan fingerprint density at radius 2 is 1.64 bits per heavy atom. The molecule has 148 valence electrons. The van der Waals surface area contributed by atoms with Crippen LogP contribution in [0.1, 0.15) is 11.1 Å². The molecule has 0 aliphatic heterocycles. The fraction of sp³-hybridized carbons (Fsp3) is 0.238. The number of ether oxygens (including phenoxy) is 4. The second-order valence-electron chi connectivity index (χ2n) is 5.68. The molecule has 0 saturated heterocycles. The van der Waals surface area contributed by atoms with E-state index in [2.05, 4.69) is 5.32 Å². The molecule has 7 nitrogen and oxygen atoms in total. The molecule has 0 unspecified atom stereocenters. The van der Waals surface area contributed by atoms with E-state index in [1.807, 2.05) is 12.1 Å². The number of hydrogen-bond acceptors (Lipinski definition) is 6. The molecule has 2 rings (SSSR count). The summed E-state index contributed by atoms with van der Waals surface area (Å²) in [7, 11) is 4.67. The molecular formula is C21H23NO6. The number of methoxy groups -OCH3 is 3. The van der Waals surface area contributed by atoms with Crippen LogP contribution in [0.15, 0.2) is 48.5 Å². The van der Waals surface area contributed by atoms with Crippen LogP contribution in [0.5, 0.6) is 17.2 Å². The first-order valence-electron chi connectivity index (χ1n) is 8.52. The average molecular weight is 385 g/mol. The highest BCUT2D eigenvalue weighted by atomic mass is 16.5. The first-order chi connectivity index (χ1) is 13.5. The van der Waals surface area contributed by atoms with Crippen LogP contribution in [0.4, 0.5) is 0 Å². The zero-order chi connectivity index (χ0) is 20.4. The number of esters is 1. The van der Waals surface area contributed by atoms with E-state index in [9.17, 15) is 9.59 Å². The van der Waals surface area contributed by atoms with Crippen LogP contribution in [-0.2, 0) is 20.9 Å². The van der Waals surface area contributed by atoms with Crippen molar-refractivity contribution < 1.29 is 28.5 Å². The summed E-state index contributed by atoms with van der Waals surface area (Å²) in [4.78, 5) is 23.6. The summed E-state index contributed by atoms with van der Waals surface area (Å²) in [5.74, 6) is 0.884. The summed E-state index contributed by atoms with van der Waals surface area (Å²) in [5.41, 5.74) is 1.65. The first kappa shape index (κ1) is 20.8. The van der Waals surface area contributed by atoms with Gasteiger partial charge >= 0.3 is 5.97 Å². The topological polar surface area (TPSA) is 83.1 Å². The summed E-state index contributed by atoms with van der Waals surface area (Å²) >= 11 is 0. The highest BCUT2D eigenvalue weighted by molar-refractivity contribution is 5.89. The van der Waals surface area contributed by atoms with Gasteiger partial charge < -0.3 is 24.3 Å². The molecule has 0 heterocycles. The molecule has 0 fully saturated rings. The van der Waals surface area contributed by atoms with Crippen LogP contribution in [0, 0.1) is 0 Å². The summed E-state index contributed by atoms with van der Waals surface area (Å²) in [6.07, 6.45) is 2.82. The summed E-state index contributed by atoms with van der Waals surface area (Å²) in [5, 5.41) is 2.68. The van der Waals surface area contributed by atoms with Gasteiger partial charge in [0.15, 0.2) is 18.1 Å². The first-order valence-corrected chi connectivity index (χ1v) is 8.52. The van der Waals surface area contributed by atoms with Crippen LogP contribution in [-0.4, -0.2) is 39.8 Å². The Bertz CT molecular complexity index is 829. The maximum Gasteiger partial charge on any atom is 0.331 e. The predicted octanol–water partition coefficient (Wildman–Crippen LogP) is 2.59. The fourth-order valence-corrected chi connectivity index (χ4v) is 2.30. The van der Waals surface area contributed by atoms with Gasteiger partial charge in [-0.15, -0.1) is 0 Å². The Hall–Kier alpha value is -3.48. The Kier molecular flexibility index (Phi) is 7.90. The molecular weight excluding hydrogens is 362 g/mol. The number of carbonyl (C=O) groups is 2. The molecule has 0 radical (unpaired) electrons. The quantitative estimate of drug-likeness (QED) is 0.528. The maximum absolute atomic E-state index is 11.8. The van der Waals surface area contributed by atoms with Crippen molar-refractivity contribution in [2.45, 2.75) is 6.54 Å². The van der Waals surface area contributed by atoms with E-state index >= 15 is 0 Å². The Labute approximate surface area is 163 Å². The molecule has 0 saturated carbocycles. The van der Waals surface area contributed by atoms with E-state index in [4.69, 9.17) is 18.9 Å². The molecule has 0 aromatic heterocycles. The number of carbonyl (C=O) groups excluding carboxylic acids is 2. The van der Waals surface area contributed by atoms with Crippen molar-refractivity contribution in [1.82, 2.24) is 5.32 Å². The number of benzene rings is 2. The third-order valence-electron chi connectivity index (χ3n) is 3.81. The van der Waals surface area contributed by atoms with Crippen LogP contribution in [0.3, 0.4) is 0 Å². The smallest absolute Gasteiger partial charge is 0.331 e. The van der Waals surface area contributed by atoms with Gasteiger partial charge in [-0.1, -0.05) is 18.2 Å². The van der Waals surface area contributed by atoms with Gasteiger partial charge in [0, 0.05) is 12.6 Å². The molecule has 1 amide bonds. The number of amides is 1. The molecule has 2 aromatic carbocycles. The van der Waals surface area contributed by atoms with E-state index in [1.165, 1.54) is 13.2 Å². The van der Waals surface area contributed by atoms with Crippen molar-refractivity contribution in [3.63, 3.8) is 0 Å². The fourth-order valence-electron chi connectivity index (χ4n) is 2.30. The van der Waals surface area contributed by atoms with Crippen molar-refractivity contribution in [3.05, 3.63) is 59.7 Å². The summed E-state index contributed by atoms with van der Waals surface area (Å²) in [6, 6.07) is 12.5. The molecule has 0 atom stereocenters. The molecule has 28 heavy (non-hydrogen) atoms. The highest BCUT2D eigenvalue weighted by Crippen LogP contribution is 2.27. The Morgan fingerprint density at radius 3 is 2.29 bits per heavy atom. The van der Waals surface area contributed by atoms with E-state index in [0.717, 1.165) is 16.9 Å². The number of nitrogens with one attached hydrogen (secondary N) is 1. The van der Waals surface area contributed by atoms with Crippen molar-refractivity contribution >= 4 is 18.0 Å². The molecule has 0 spiro atoms. The average Bonchev–Trinajstić information content (AvgIpc) is 2.74. The van der Waals surface area contributed by atoms with Gasteiger partial charge in [0.2, 0.25) is 0 Å². The van der Waals surface area contributed by atoms with Gasteiger partial charge in [-0.05, 0) is 41.5 Å². The second-order valence-corrected chi connectivity index (χ2v) is 5.68. The van der Waals surface area contributed by atoms with Gasteiger partial charge in [0.1, 0.15) is 5.75 Å². The molecule has 7 heteroatoms. The molecule has 0 aliphatic carbocycles. The Morgan fingerprint density at radius 1 is 0.929 bits per heavy atom. The van der Waals surface area contributed by atoms with Crippen molar-refractivity contribution in [1.29, 1.82) is 0 Å². The lowest BCUT2D eigenvalue weighted by Crippen LogP contribution is -2.28. The molecule has 2 aromatic rings. The van der Waals surface area contributed by atoms with Gasteiger partial charge in [0.25, 0.3) is 5.91 Å². The normalized spacial score (nSPS) is 10.4. The van der Waals surface area contributed by atoms with E-state index in [-0.39, 0.29) is 12.5 Å². The van der Waals surface area contributed by atoms with E-state index in [0.29, 0.717) is 18.0 Å². The molecule has 1 N–H and O–H groups in total. The highest BCUT2D eigenvalue weighted by Gasteiger charge is 2.06. The largest absolute Gasteiger partial charge is 0.497 e. The van der Waals surface area contributed by atoms with Gasteiger partial charge in [-0.3, -0.25) is 4.79 Å². The van der Waals surface area contributed by atoms with E-state index < -0.39 is 5.97 Å². The second kappa shape index (κ2) is 10.6. The van der Waals surface area contributed by atoms with Crippen molar-refractivity contribution in [3.8, 4) is 17.2 Å². The van der Waals surface area contributed by atoms with Gasteiger partial charge in [-0.25, -0.2) is 4.79 Å². The molecule has 0 bridgehead atoms. The zero-order valence-corrected chi connectivity index (χ0v) is 16.1. The Balaban J connectivity index is 1.78. The summed E-state index contributed by atoms with van der Waals surface area (Å²) < 4.78 is 20.4. The van der Waals surface area contributed by atoms with Gasteiger partial charge in [-0.2, -0.15) is 0 Å². The van der Waals surface area contributed by atoms with Crippen molar-refractivity contribution in [2.75, 3.05) is 27.9 Å². The minimum Gasteiger partial charge on any atom is -0.497 e. The lowest BCUT2D eigenvalue weighted by molar-refractivity contribution is -0.143.